The Labute approximate surface area is 215 Å². The fraction of sp³-hybridized carbons (Fsp3) is 0.548. The van der Waals surface area contributed by atoms with Crippen LogP contribution in [0.4, 0.5) is 0 Å². The highest BCUT2D eigenvalue weighted by molar-refractivity contribution is 7.72. The smallest absolute Gasteiger partial charge is 0.0695 e. The van der Waals surface area contributed by atoms with Gasteiger partial charge in [-0.2, -0.15) is 0 Å². The van der Waals surface area contributed by atoms with Crippen LogP contribution in [0.1, 0.15) is 59.3 Å². The molecule has 2 aromatic rings. The van der Waals surface area contributed by atoms with Gasteiger partial charge in [-0.1, -0.05) is 56.7 Å². The molecule has 2 aromatic heterocycles. The zero-order chi connectivity index (χ0) is 24.0. The third-order valence-electron chi connectivity index (χ3n) is 8.94. The summed E-state index contributed by atoms with van der Waals surface area (Å²) in [6.45, 7) is 7.45. The van der Waals surface area contributed by atoms with E-state index in [2.05, 4.69) is 63.3 Å². The number of nitrogens with zero attached hydrogens (tertiary/aromatic N) is 2. The van der Waals surface area contributed by atoms with E-state index in [-0.39, 0.29) is 0 Å². The highest BCUT2D eigenvalue weighted by Gasteiger charge is 2.56. The fourth-order valence-corrected chi connectivity index (χ4v) is 12.4. The van der Waals surface area contributed by atoms with E-state index in [0.717, 1.165) is 38.2 Å². The van der Waals surface area contributed by atoms with Crippen molar-refractivity contribution >= 4 is 27.4 Å². The van der Waals surface area contributed by atoms with Gasteiger partial charge in [0.25, 0.3) is 0 Å². The molecule has 0 N–H and O–H groups in total. The van der Waals surface area contributed by atoms with Gasteiger partial charge in [0.2, 0.25) is 0 Å². The van der Waals surface area contributed by atoms with Crippen LogP contribution in [0, 0.1) is 29.1 Å². The first-order valence-corrected chi connectivity index (χ1v) is 16.2. The molecule has 0 aromatic carbocycles. The Morgan fingerprint density at radius 2 is 1.49 bits per heavy atom. The summed E-state index contributed by atoms with van der Waals surface area (Å²) in [6.07, 6.45) is 21.5. The number of rotatable bonds is 7. The second kappa shape index (κ2) is 9.50. The van der Waals surface area contributed by atoms with Gasteiger partial charge in [-0.3, -0.25) is 9.97 Å². The van der Waals surface area contributed by atoms with Crippen LogP contribution in [0.3, 0.4) is 0 Å². The van der Waals surface area contributed by atoms with Crippen molar-refractivity contribution in [3.05, 3.63) is 72.6 Å². The van der Waals surface area contributed by atoms with Gasteiger partial charge in [-0.05, 0) is 96.8 Å². The largest absolute Gasteiger partial charge is 0.256 e. The summed E-state index contributed by atoms with van der Waals surface area (Å²) in [7, 11) is 0.402. The molecule has 184 valence electrons. The van der Waals surface area contributed by atoms with Crippen LogP contribution >= 0.6 is 16.5 Å². The van der Waals surface area contributed by atoms with Crippen LogP contribution in [0.2, 0.25) is 0 Å². The summed E-state index contributed by atoms with van der Waals surface area (Å²) in [5, 5.41) is 0.377. The summed E-state index contributed by atoms with van der Waals surface area (Å²) in [5.41, 5.74) is 5.40. The van der Waals surface area contributed by atoms with Crippen molar-refractivity contribution in [2.75, 3.05) is 6.16 Å². The van der Waals surface area contributed by atoms with Crippen molar-refractivity contribution in [2.24, 2.45) is 29.1 Å². The molecule has 2 heterocycles. The molecule has 0 aliphatic heterocycles. The molecule has 3 unspecified atom stereocenters. The lowest BCUT2D eigenvalue weighted by molar-refractivity contribution is -0.0575. The van der Waals surface area contributed by atoms with Crippen LogP contribution in [0.5, 0.6) is 0 Å². The Morgan fingerprint density at radius 3 is 1.97 bits per heavy atom. The molecule has 0 saturated heterocycles. The zero-order valence-corrected chi connectivity index (χ0v) is 23.4. The van der Waals surface area contributed by atoms with Gasteiger partial charge in [0.05, 0.1) is 10.9 Å². The van der Waals surface area contributed by atoms with E-state index in [4.69, 9.17) is 9.97 Å². The number of allylic oxidation sites excluding steroid dienone is 4. The second-order valence-electron chi connectivity index (χ2n) is 12.8. The van der Waals surface area contributed by atoms with E-state index in [0.29, 0.717) is 16.5 Å². The molecule has 35 heavy (non-hydrogen) atoms. The molecule has 4 fully saturated rings. The van der Waals surface area contributed by atoms with E-state index in [1.54, 1.807) is 5.57 Å². The molecule has 4 heteroatoms. The average molecular weight is 503 g/mol. The molecule has 0 amide bonds. The van der Waals surface area contributed by atoms with Crippen LogP contribution in [0.25, 0.3) is 0 Å². The fourth-order valence-electron chi connectivity index (χ4n) is 8.15. The van der Waals surface area contributed by atoms with Gasteiger partial charge in [0.15, 0.2) is 0 Å². The maximum Gasteiger partial charge on any atom is 0.0695 e. The highest BCUT2D eigenvalue weighted by atomic mass is 31.1. The van der Waals surface area contributed by atoms with E-state index < -0.39 is 7.92 Å². The van der Waals surface area contributed by atoms with Gasteiger partial charge >= 0.3 is 0 Å². The highest BCUT2D eigenvalue weighted by Crippen LogP contribution is 2.67. The predicted molar refractivity (Wildman–Crippen MR) is 153 cm³/mol. The molecule has 5 aliphatic rings. The Bertz CT molecular complexity index is 1010. The Hall–Kier alpha value is -1.36. The SMILES string of the molecule is CC(C)(C)PC(C1C=CC=C1CP(c1ccccn1)c1ccccn1)C12CC3CC(CC(C3)C1)C2. The Morgan fingerprint density at radius 1 is 0.914 bits per heavy atom. The molecule has 7 rings (SSSR count). The minimum Gasteiger partial charge on any atom is -0.256 e. The predicted octanol–water partition coefficient (Wildman–Crippen LogP) is 7.08. The van der Waals surface area contributed by atoms with Gasteiger partial charge < -0.3 is 0 Å². The van der Waals surface area contributed by atoms with Crippen molar-refractivity contribution in [1.29, 1.82) is 0 Å². The lowest BCUT2D eigenvalue weighted by Crippen LogP contribution is -2.52. The Kier molecular flexibility index (Phi) is 6.52. The van der Waals surface area contributed by atoms with Crippen molar-refractivity contribution in [3.63, 3.8) is 0 Å². The van der Waals surface area contributed by atoms with Crippen LogP contribution < -0.4 is 10.9 Å². The standard InChI is InChI=1S/C31H40N2P2/c1-30(2,3)34-29(31-18-22-15-23(19-31)17-24(16-22)20-31)26-10-8-9-25(26)21-35(27-11-4-6-13-32-27)28-12-5-7-14-33-28/h4-14,22-24,26,29,34H,15-21H2,1-3H3. The summed E-state index contributed by atoms with van der Waals surface area (Å²) in [5.74, 6) is 3.60. The molecule has 0 radical (unpaired) electrons. The lowest BCUT2D eigenvalue weighted by atomic mass is 9.48. The normalized spacial score (nSPS) is 32.6. The van der Waals surface area contributed by atoms with Crippen LogP contribution in [-0.4, -0.2) is 26.9 Å². The minimum atomic E-state index is -0.607. The first-order chi connectivity index (χ1) is 16.9. The maximum absolute atomic E-state index is 4.82. The maximum atomic E-state index is 4.82. The number of aromatic nitrogens is 2. The first-order valence-electron chi connectivity index (χ1n) is 13.6. The monoisotopic (exact) mass is 502 g/mol. The van der Waals surface area contributed by atoms with E-state index in [9.17, 15) is 0 Å². The molecule has 3 atom stereocenters. The number of hydrogen-bond acceptors (Lipinski definition) is 2. The van der Waals surface area contributed by atoms with Gasteiger partial charge in [-0.25, -0.2) is 0 Å². The quantitative estimate of drug-likeness (QED) is 0.378. The van der Waals surface area contributed by atoms with Gasteiger partial charge in [0, 0.05) is 32.4 Å². The summed E-state index contributed by atoms with van der Waals surface area (Å²) >= 11 is 0. The molecular formula is C31H40N2P2. The summed E-state index contributed by atoms with van der Waals surface area (Å²) in [4.78, 5) is 9.65. The molecule has 2 nitrogen and oxygen atoms in total. The third kappa shape index (κ3) is 4.95. The van der Waals surface area contributed by atoms with Gasteiger partial charge in [0.1, 0.15) is 0 Å². The average Bonchev–Trinajstić information content (AvgIpc) is 3.28. The zero-order valence-electron chi connectivity index (χ0n) is 21.5. The molecule has 5 aliphatic carbocycles. The van der Waals surface area contributed by atoms with Crippen molar-refractivity contribution in [1.82, 2.24) is 9.97 Å². The first kappa shape index (κ1) is 24.0. The Balaban J connectivity index is 1.33. The molecular weight excluding hydrogens is 462 g/mol. The second-order valence-corrected chi connectivity index (χ2v) is 17.3. The lowest BCUT2D eigenvalue weighted by Gasteiger charge is -2.61. The molecule has 0 spiro atoms. The van der Waals surface area contributed by atoms with Crippen molar-refractivity contribution < 1.29 is 0 Å². The van der Waals surface area contributed by atoms with E-state index in [1.807, 2.05) is 24.5 Å². The third-order valence-corrected chi connectivity index (χ3v) is 13.4. The summed E-state index contributed by atoms with van der Waals surface area (Å²) in [6, 6.07) is 12.8. The number of hydrogen-bond donors (Lipinski definition) is 0. The van der Waals surface area contributed by atoms with Crippen LogP contribution in [-0.2, 0) is 0 Å². The minimum absolute atomic E-state index is 0.377. The molecule has 4 bridgehead atoms. The van der Waals surface area contributed by atoms with E-state index >= 15 is 0 Å². The van der Waals surface area contributed by atoms with Crippen molar-refractivity contribution in [3.8, 4) is 0 Å². The van der Waals surface area contributed by atoms with Crippen molar-refractivity contribution in [2.45, 2.75) is 70.1 Å². The van der Waals surface area contributed by atoms with Crippen LogP contribution in [0.15, 0.2) is 72.6 Å². The summed E-state index contributed by atoms with van der Waals surface area (Å²) < 4.78 is 0. The molecule has 4 saturated carbocycles. The van der Waals surface area contributed by atoms with Gasteiger partial charge in [-0.15, -0.1) is 8.58 Å². The number of pyridine rings is 2. The topological polar surface area (TPSA) is 25.8 Å². The van der Waals surface area contributed by atoms with E-state index in [1.165, 1.54) is 49.4 Å².